The summed E-state index contributed by atoms with van der Waals surface area (Å²) in [5.41, 5.74) is 0. The molecule has 8 heteroatoms. The first kappa shape index (κ1) is 13.5. The smallest absolute Gasteiger partial charge is 0.246 e. The van der Waals surface area contributed by atoms with Gasteiger partial charge in [-0.3, -0.25) is 5.10 Å². The molecule has 1 aliphatic rings. The maximum absolute atomic E-state index is 12.3. The number of likely N-dealkylation sites (N-methyl/N-ethyl adjacent to an activating group) is 1. The van der Waals surface area contributed by atoms with Crippen LogP contribution in [0.25, 0.3) is 0 Å². The molecule has 0 saturated carbocycles. The third-order valence-electron chi connectivity index (χ3n) is 3.31. The van der Waals surface area contributed by atoms with Gasteiger partial charge in [0.25, 0.3) is 0 Å². The van der Waals surface area contributed by atoms with E-state index in [2.05, 4.69) is 15.1 Å². The maximum Gasteiger partial charge on any atom is 0.246 e. The Bertz CT molecular complexity index is 473. The predicted octanol–water partition coefficient (Wildman–Crippen LogP) is -0.903. The Morgan fingerprint density at radius 2 is 2.33 bits per heavy atom. The summed E-state index contributed by atoms with van der Waals surface area (Å²) in [4.78, 5) is 2.27. The normalized spacial score (nSPS) is 23.3. The molecule has 0 aliphatic carbocycles. The van der Waals surface area contributed by atoms with Crippen LogP contribution in [0, 0.1) is 0 Å². The molecule has 18 heavy (non-hydrogen) atoms. The topological polar surface area (TPSA) is 89.5 Å². The lowest BCUT2D eigenvalue weighted by Gasteiger charge is -2.38. The zero-order chi connectivity index (χ0) is 13.2. The molecule has 2 heterocycles. The molecular weight excluding hydrogens is 256 g/mol. The zero-order valence-corrected chi connectivity index (χ0v) is 11.1. The summed E-state index contributed by atoms with van der Waals surface area (Å²) < 4.78 is 26.0. The van der Waals surface area contributed by atoms with Crippen LogP contribution >= 0.6 is 0 Å². The second-order valence-corrected chi connectivity index (χ2v) is 6.38. The Morgan fingerprint density at radius 1 is 1.56 bits per heavy atom. The number of aliphatic hydroxyl groups excluding tert-OH is 1. The van der Waals surface area contributed by atoms with Crippen molar-refractivity contribution in [3.05, 3.63) is 12.4 Å². The summed E-state index contributed by atoms with van der Waals surface area (Å²) in [6, 6.07) is 0.0606. The number of aromatic amines is 1. The lowest BCUT2D eigenvalue weighted by molar-refractivity contribution is 0.120. The molecule has 0 aromatic carbocycles. The van der Waals surface area contributed by atoms with Crippen LogP contribution < -0.4 is 0 Å². The van der Waals surface area contributed by atoms with Gasteiger partial charge >= 0.3 is 0 Å². The quantitative estimate of drug-likeness (QED) is 0.742. The number of aromatic nitrogens is 2. The Balaban J connectivity index is 2.15. The summed E-state index contributed by atoms with van der Waals surface area (Å²) >= 11 is 0. The van der Waals surface area contributed by atoms with Gasteiger partial charge in [0.1, 0.15) is 4.90 Å². The third kappa shape index (κ3) is 2.56. The lowest BCUT2D eigenvalue weighted by Crippen LogP contribution is -2.53. The summed E-state index contributed by atoms with van der Waals surface area (Å²) in [5.74, 6) is 0. The molecule has 7 nitrogen and oxygen atoms in total. The molecule has 1 aromatic heterocycles. The van der Waals surface area contributed by atoms with E-state index in [0.717, 1.165) is 0 Å². The molecule has 1 aliphatic heterocycles. The maximum atomic E-state index is 12.3. The first-order valence-corrected chi connectivity index (χ1v) is 7.29. The van der Waals surface area contributed by atoms with E-state index in [0.29, 0.717) is 26.1 Å². The van der Waals surface area contributed by atoms with Gasteiger partial charge in [-0.2, -0.15) is 9.40 Å². The summed E-state index contributed by atoms with van der Waals surface area (Å²) in [6.07, 6.45) is 3.28. The SMILES string of the molecule is CN1CCN(S(=O)(=O)c2cn[nH]c2)C[C@H]1CCO. The molecular formula is C10H18N4O3S. The molecule has 0 bridgehead atoms. The van der Waals surface area contributed by atoms with Crippen LogP contribution in [0.1, 0.15) is 6.42 Å². The van der Waals surface area contributed by atoms with E-state index in [1.165, 1.54) is 16.7 Å². The van der Waals surface area contributed by atoms with Crippen molar-refractivity contribution in [3.63, 3.8) is 0 Å². The number of rotatable bonds is 4. The van der Waals surface area contributed by atoms with Gasteiger partial charge in [-0.05, 0) is 13.5 Å². The Morgan fingerprint density at radius 3 is 2.94 bits per heavy atom. The van der Waals surface area contributed by atoms with E-state index in [1.54, 1.807) is 0 Å². The average molecular weight is 274 g/mol. The Kier molecular flexibility index (Phi) is 4.00. The monoisotopic (exact) mass is 274 g/mol. The zero-order valence-electron chi connectivity index (χ0n) is 10.3. The largest absolute Gasteiger partial charge is 0.396 e. The number of nitrogens with one attached hydrogen (secondary N) is 1. The van der Waals surface area contributed by atoms with Crippen LogP contribution in [0.2, 0.25) is 0 Å². The molecule has 1 atom stereocenters. The van der Waals surface area contributed by atoms with E-state index in [-0.39, 0.29) is 17.5 Å². The van der Waals surface area contributed by atoms with Gasteiger partial charge in [-0.25, -0.2) is 8.42 Å². The Labute approximate surface area is 106 Å². The summed E-state index contributed by atoms with van der Waals surface area (Å²) in [6.45, 7) is 1.60. The standard InChI is InChI=1S/C10H18N4O3S/c1-13-3-4-14(8-9(13)2-5-15)18(16,17)10-6-11-12-7-10/h6-7,9,15H,2-5,8H2,1H3,(H,11,12)/t9-/m1/s1. The van der Waals surface area contributed by atoms with Crippen LogP contribution in [0.4, 0.5) is 0 Å². The molecule has 1 fully saturated rings. The number of hydrogen-bond acceptors (Lipinski definition) is 5. The molecule has 102 valence electrons. The molecule has 0 radical (unpaired) electrons. The fraction of sp³-hybridized carbons (Fsp3) is 0.700. The minimum atomic E-state index is -3.46. The van der Waals surface area contributed by atoms with Crippen molar-refractivity contribution in [1.29, 1.82) is 0 Å². The van der Waals surface area contributed by atoms with Crippen molar-refractivity contribution in [1.82, 2.24) is 19.4 Å². The summed E-state index contributed by atoms with van der Waals surface area (Å²) in [7, 11) is -1.52. The van der Waals surface area contributed by atoms with Crippen LogP contribution in [0.3, 0.4) is 0 Å². The van der Waals surface area contributed by atoms with Crippen LogP contribution in [-0.4, -0.2) is 72.3 Å². The van der Waals surface area contributed by atoms with E-state index in [4.69, 9.17) is 5.11 Å². The summed E-state index contributed by atoms with van der Waals surface area (Å²) in [5, 5.41) is 15.2. The van der Waals surface area contributed by atoms with E-state index >= 15 is 0 Å². The van der Waals surface area contributed by atoms with Crippen LogP contribution in [0.15, 0.2) is 17.3 Å². The number of nitrogens with zero attached hydrogens (tertiary/aromatic N) is 3. The first-order valence-electron chi connectivity index (χ1n) is 5.85. The molecule has 0 amide bonds. The van der Waals surface area contributed by atoms with Crippen molar-refractivity contribution >= 4 is 10.0 Å². The molecule has 0 unspecified atom stereocenters. The van der Waals surface area contributed by atoms with Gasteiger partial charge in [0, 0.05) is 38.5 Å². The first-order chi connectivity index (χ1) is 8.55. The Hall–Kier alpha value is -0.960. The number of aliphatic hydroxyl groups is 1. The molecule has 1 saturated heterocycles. The third-order valence-corrected chi connectivity index (χ3v) is 5.14. The fourth-order valence-corrected chi connectivity index (χ4v) is 3.50. The van der Waals surface area contributed by atoms with Crippen molar-refractivity contribution in [2.45, 2.75) is 17.4 Å². The number of hydrogen-bond donors (Lipinski definition) is 2. The van der Waals surface area contributed by atoms with Crippen LogP contribution in [-0.2, 0) is 10.0 Å². The van der Waals surface area contributed by atoms with Gasteiger partial charge in [0.2, 0.25) is 10.0 Å². The molecule has 2 rings (SSSR count). The van der Waals surface area contributed by atoms with Crippen molar-refractivity contribution in [2.75, 3.05) is 33.3 Å². The highest BCUT2D eigenvalue weighted by Gasteiger charge is 2.32. The van der Waals surface area contributed by atoms with E-state index in [1.807, 2.05) is 7.05 Å². The van der Waals surface area contributed by atoms with E-state index < -0.39 is 10.0 Å². The predicted molar refractivity (Wildman–Crippen MR) is 65.5 cm³/mol. The van der Waals surface area contributed by atoms with Crippen molar-refractivity contribution in [2.24, 2.45) is 0 Å². The number of piperazine rings is 1. The minimum Gasteiger partial charge on any atom is -0.396 e. The van der Waals surface area contributed by atoms with Gasteiger partial charge in [0.05, 0.1) is 6.20 Å². The van der Waals surface area contributed by atoms with Gasteiger partial charge in [-0.15, -0.1) is 0 Å². The van der Waals surface area contributed by atoms with Crippen LogP contribution in [0.5, 0.6) is 0 Å². The number of sulfonamides is 1. The van der Waals surface area contributed by atoms with Gasteiger partial charge in [0.15, 0.2) is 0 Å². The fourth-order valence-electron chi connectivity index (χ4n) is 2.13. The second-order valence-electron chi connectivity index (χ2n) is 4.44. The molecule has 2 N–H and O–H groups in total. The molecule has 1 aromatic rings. The van der Waals surface area contributed by atoms with Gasteiger partial charge in [-0.1, -0.05) is 0 Å². The number of H-pyrrole nitrogens is 1. The highest BCUT2D eigenvalue weighted by molar-refractivity contribution is 7.89. The van der Waals surface area contributed by atoms with Gasteiger partial charge < -0.3 is 10.0 Å². The minimum absolute atomic E-state index is 0.0606. The highest BCUT2D eigenvalue weighted by atomic mass is 32.2. The molecule has 0 spiro atoms. The lowest BCUT2D eigenvalue weighted by atomic mass is 10.1. The highest BCUT2D eigenvalue weighted by Crippen LogP contribution is 2.19. The van der Waals surface area contributed by atoms with Crippen molar-refractivity contribution < 1.29 is 13.5 Å². The van der Waals surface area contributed by atoms with E-state index in [9.17, 15) is 8.42 Å². The second kappa shape index (κ2) is 5.35. The average Bonchev–Trinajstić information content (AvgIpc) is 2.86. The van der Waals surface area contributed by atoms with Crippen molar-refractivity contribution in [3.8, 4) is 0 Å².